The molecule has 38 heavy (non-hydrogen) atoms. The molecular weight excluding hydrogens is 478 g/mol. The Bertz CT molecular complexity index is 1400. The number of aliphatic carboxylic acids is 1. The second kappa shape index (κ2) is 11.0. The highest BCUT2D eigenvalue weighted by molar-refractivity contribution is 5.88. The number of unbranched alkanes of at least 4 members (excludes halogenated alkanes) is 1. The summed E-state index contributed by atoms with van der Waals surface area (Å²) in [4.78, 5) is 27.0. The van der Waals surface area contributed by atoms with E-state index in [-0.39, 0.29) is 12.5 Å². The first kappa shape index (κ1) is 25.3. The highest BCUT2D eigenvalue weighted by Crippen LogP contribution is 2.40. The van der Waals surface area contributed by atoms with Crippen LogP contribution < -0.4 is 0 Å². The lowest BCUT2D eigenvalue weighted by Gasteiger charge is -2.47. The number of aromatic nitrogens is 4. The molecule has 8 heteroatoms. The average Bonchev–Trinajstić information content (AvgIpc) is 3.46. The Labute approximate surface area is 221 Å². The number of carbonyl (C=O) groups is 2. The zero-order valence-electron chi connectivity index (χ0n) is 21.4. The third kappa shape index (κ3) is 4.94. The number of carboxylic acid groups (broad SMARTS) is 1. The molecule has 5 rings (SSSR count). The van der Waals surface area contributed by atoms with Gasteiger partial charge in [0.15, 0.2) is 0 Å². The SMILES string of the molecule is CCCCC(=O)N(Cc1ccc(-c2cc(-c3ccccc3)ccc2-c2nn[nH]n2)cc1)C1(C(=O)O)CCC1. The standard InChI is InChI=1S/C30H31N5O3/c1-2-3-10-27(36)35(30(29(37)38)17-7-18-30)20-21-11-13-23(14-12-21)26-19-24(22-8-5-4-6-9-22)15-16-25(26)28-31-33-34-32-28/h4-6,8-9,11-16,19H,2-3,7,10,17-18,20H2,1H3,(H,37,38)(H,31,32,33,34). The molecule has 1 aromatic heterocycles. The number of H-pyrrole nitrogens is 1. The van der Waals surface area contributed by atoms with Crippen molar-refractivity contribution in [2.24, 2.45) is 0 Å². The molecule has 0 bridgehead atoms. The summed E-state index contributed by atoms with van der Waals surface area (Å²) in [6.45, 7) is 2.30. The number of carbonyl (C=O) groups excluding carboxylic acids is 1. The van der Waals surface area contributed by atoms with E-state index in [0.29, 0.717) is 25.1 Å². The minimum atomic E-state index is -1.10. The molecular formula is C30H31N5O3. The van der Waals surface area contributed by atoms with Crippen LogP contribution in [-0.4, -0.2) is 48.0 Å². The predicted molar refractivity (Wildman–Crippen MR) is 145 cm³/mol. The second-order valence-electron chi connectivity index (χ2n) is 9.83. The van der Waals surface area contributed by atoms with Crippen molar-refractivity contribution in [3.8, 4) is 33.6 Å². The maximum absolute atomic E-state index is 13.1. The van der Waals surface area contributed by atoms with Gasteiger partial charge in [-0.2, -0.15) is 5.21 Å². The van der Waals surface area contributed by atoms with Crippen molar-refractivity contribution < 1.29 is 14.7 Å². The number of aromatic amines is 1. The van der Waals surface area contributed by atoms with Gasteiger partial charge in [0.05, 0.1) is 0 Å². The van der Waals surface area contributed by atoms with Crippen LogP contribution in [0.25, 0.3) is 33.6 Å². The molecule has 1 saturated carbocycles. The Hall–Kier alpha value is -4.33. The summed E-state index contributed by atoms with van der Waals surface area (Å²) in [5.74, 6) is -0.495. The highest BCUT2D eigenvalue weighted by Gasteiger charge is 2.51. The number of nitrogens with zero attached hydrogens (tertiary/aromatic N) is 4. The molecule has 3 aromatic carbocycles. The third-order valence-electron chi connectivity index (χ3n) is 7.46. The van der Waals surface area contributed by atoms with Crippen molar-refractivity contribution in [3.05, 3.63) is 78.4 Å². The summed E-state index contributed by atoms with van der Waals surface area (Å²) in [5.41, 5.74) is 4.74. The van der Waals surface area contributed by atoms with E-state index in [1.807, 2.05) is 61.5 Å². The molecule has 0 aliphatic heterocycles. The molecule has 1 aliphatic rings. The van der Waals surface area contributed by atoms with Crippen LogP contribution in [0.15, 0.2) is 72.8 Å². The van der Waals surface area contributed by atoms with Gasteiger partial charge in [0.1, 0.15) is 5.54 Å². The van der Waals surface area contributed by atoms with Crippen LogP contribution in [0.5, 0.6) is 0 Å². The van der Waals surface area contributed by atoms with Crippen LogP contribution in [-0.2, 0) is 16.1 Å². The number of carboxylic acids is 1. The van der Waals surface area contributed by atoms with Gasteiger partial charge in [0.2, 0.25) is 11.7 Å². The quantitative estimate of drug-likeness (QED) is 0.282. The van der Waals surface area contributed by atoms with E-state index in [2.05, 4.69) is 38.8 Å². The lowest BCUT2D eigenvalue weighted by atomic mass is 9.74. The predicted octanol–water partition coefficient (Wildman–Crippen LogP) is 5.73. The Morgan fingerprint density at radius 1 is 0.947 bits per heavy atom. The zero-order valence-corrected chi connectivity index (χ0v) is 21.4. The van der Waals surface area contributed by atoms with Gasteiger partial charge in [-0.1, -0.05) is 74.0 Å². The van der Waals surface area contributed by atoms with E-state index in [1.165, 1.54) is 0 Å². The largest absolute Gasteiger partial charge is 0.479 e. The first-order chi connectivity index (χ1) is 18.5. The number of amides is 1. The fourth-order valence-corrected chi connectivity index (χ4v) is 5.09. The summed E-state index contributed by atoms with van der Waals surface area (Å²) in [7, 11) is 0. The van der Waals surface area contributed by atoms with E-state index in [1.54, 1.807) is 4.90 Å². The van der Waals surface area contributed by atoms with Crippen molar-refractivity contribution in [3.63, 3.8) is 0 Å². The minimum Gasteiger partial charge on any atom is -0.479 e. The van der Waals surface area contributed by atoms with Gasteiger partial charge < -0.3 is 10.0 Å². The van der Waals surface area contributed by atoms with Gasteiger partial charge in [0, 0.05) is 18.5 Å². The van der Waals surface area contributed by atoms with Gasteiger partial charge in [-0.15, -0.1) is 10.2 Å². The smallest absolute Gasteiger partial charge is 0.329 e. The summed E-state index contributed by atoms with van der Waals surface area (Å²) in [5, 5.41) is 24.7. The number of hydrogen-bond acceptors (Lipinski definition) is 5. The molecule has 1 amide bonds. The van der Waals surface area contributed by atoms with Crippen LogP contribution in [0, 0.1) is 0 Å². The summed E-state index contributed by atoms with van der Waals surface area (Å²) >= 11 is 0. The van der Waals surface area contributed by atoms with Crippen molar-refractivity contribution in [2.45, 2.75) is 57.5 Å². The third-order valence-corrected chi connectivity index (χ3v) is 7.46. The van der Waals surface area contributed by atoms with Gasteiger partial charge in [-0.3, -0.25) is 4.79 Å². The number of tetrazole rings is 1. The molecule has 1 heterocycles. The first-order valence-corrected chi connectivity index (χ1v) is 13.1. The Kier molecular flexibility index (Phi) is 7.31. The normalized spacial score (nSPS) is 14.0. The number of nitrogens with one attached hydrogen (secondary N) is 1. The van der Waals surface area contributed by atoms with Crippen molar-refractivity contribution in [1.82, 2.24) is 25.5 Å². The molecule has 2 N–H and O–H groups in total. The van der Waals surface area contributed by atoms with Crippen molar-refractivity contribution >= 4 is 11.9 Å². The zero-order chi connectivity index (χ0) is 26.5. The maximum atomic E-state index is 13.1. The molecule has 0 atom stereocenters. The van der Waals surface area contributed by atoms with Crippen molar-refractivity contribution in [1.29, 1.82) is 0 Å². The Balaban J connectivity index is 1.47. The number of rotatable bonds is 10. The van der Waals surface area contributed by atoms with Crippen LogP contribution in [0.1, 0.15) is 51.0 Å². The molecule has 194 valence electrons. The number of benzene rings is 3. The second-order valence-corrected chi connectivity index (χ2v) is 9.83. The minimum absolute atomic E-state index is 0.0898. The van der Waals surface area contributed by atoms with Gasteiger partial charge in [0.25, 0.3) is 0 Å². The molecule has 1 aliphatic carbocycles. The monoisotopic (exact) mass is 509 g/mol. The summed E-state index contributed by atoms with van der Waals surface area (Å²) < 4.78 is 0. The molecule has 8 nitrogen and oxygen atoms in total. The van der Waals surface area contributed by atoms with Crippen LogP contribution in [0.4, 0.5) is 0 Å². The average molecular weight is 510 g/mol. The van der Waals surface area contributed by atoms with E-state index < -0.39 is 11.5 Å². The fraction of sp³-hybridized carbons (Fsp3) is 0.300. The van der Waals surface area contributed by atoms with Gasteiger partial charge in [-0.25, -0.2) is 4.79 Å². The molecule has 0 spiro atoms. The topological polar surface area (TPSA) is 112 Å². The van der Waals surface area contributed by atoms with Crippen LogP contribution in [0.2, 0.25) is 0 Å². The van der Waals surface area contributed by atoms with E-state index in [0.717, 1.165) is 52.6 Å². The van der Waals surface area contributed by atoms with E-state index >= 15 is 0 Å². The lowest BCUT2D eigenvalue weighted by Crippen LogP contribution is -2.60. The van der Waals surface area contributed by atoms with Crippen LogP contribution >= 0.6 is 0 Å². The molecule has 0 saturated heterocycles. The van der Waals surface area contributed by atoms with E-state index in [9.17, 15) is 14.7 Å². The Morgan fingerprint density at radius 2 is 1.68 bits per heavy atom. The molecule has 0 unspecified atom stereocenters. The Morgan fingerprint density at radius 3 is 2.29 bits per heavy atom. The maximum Gasteiger partial charge on any atom is 0.329 e. The lowest BCUT2D eigenvalue weighted by molar-refractivity contribution is -0.167. The molecule has 1 fully saturated rings. The summed E-state index contributed by atoms with van der Waals surface area (Å²) in [6.07, 6.45) is 3.82. The van der Waals surface area contributed by atoms with Crippen molar-refractivity contribution in [2.75, 3.05) is 0 Å². The molecule has 4 aromatic rings. The van der Waals surface area contributed by atoms with Crippen LogP contribution in [0.3, 0.4) is 0 Å². The fourth-order valence-electron chi connectivity index (χ4n) is 5.09. The summed E-state index contributed by atoms with van der Waals surface area (Å²) in [6, 6.07) is 24.3. The number of hydrogen-bond donors (Lipinski definition) is 2. The first-order valence-electron chi connectivity index (χ1n) is 13.1. The van der Waals surface area contributed by atoms with Gasteiger partial charge >= 0.3 is 5.97 Å². The molecule has 0 radical (unpaired) electrons. The highest BCUT2D eigenvalue weighted by atomic mass is 16.4. The van der Waals surface area contributed by atoms with E-state index in [4.69, 9.17) is 0 Å². The van der Waals surface area contributed by atoms with Gasteiger partial charge in [-0.05, 0) is 70.8 Å².